The molecule has 3 aromatic rings. The van der Waals surface area contributed by atoms with Gasteiger partial charge in [0.25, 0.3) is 0 Å². The maximum Gasteiger partial charge on any atom is 0.225 e. The summed E-state index contributed by atoms with van der Waals surface area (Å²) < 4.78 is 26.7. The van der Waals surface area contributed by atoms with E-state index < -0.39 is 10.8 Å². The van der Waals surface area contributed by atoms with Gasteiger partial charge in [-0.15, -0.1) is 0 Å². The van der Waals surface area contributed by atoms with Gasteiger partial charge in [-0.1, -0.05) is 30.3 Å². The molecule has 0 saturated carbocycles. The molecular weight excluding hydrogens is 365 g/mol. The number of amides is 1. The molecule has 0 saturated heterocycles. The van der Waals surface area contributed by atoms with Gasteiger partial charge < -0.3 is 5.32 Å². The topological polar surface area (TPSA) is 64.0 Å². The van der Waals surface area contributed by atoms with Gasteiger partial charge in [0.2, 0.25) is 5.91 Å². The van der Waals surface area contributed by atoms with Crippen LogP contribution in [0.15, 0.2) is 54.6 Å². The Morgan fingerprint density at radius 2 is 1.85 bits per heavy atom. The van der Waals surface area contributed by atoms with Gasteiger partial charge in [-0.05, 0) is 36.2 Å². The second-order valence-electron chi connectivity index (χ2n) is 6.42. The first-order chi connectivity index (χ1) is 13.1. The zero-order chi connectivity index (χ0) is 18.8. The quantitative estimate of drug-likeness (QED) is 0.735. The lowest BCUT2D eigenvalue weighted by Crippen LogP contribution is -2.17. The van der Waals surface area contributed by atoms with E-state index in [1.807, 2.05) is 30.3 Å². The average molecular weight is 383 g/mol. The largest absolute Gasteiger partial charge is 0.310 e. The van der Waals surface area contributed by atoms with Crippen molar-refractivity contribution in [1.29, 1.82) is 0 Å². The van der Waals surface area contributed by atoms with Gasteiger partial charge in [-0.3, -0.25) is 9.00 Å². The summed E-state index contributed by atoms with van der Waals surface area (Å²) in [5, 5.41) is 7.43. The van der Waals surface area contributed by atoms with Crippen LogP contribution in [-0.4, -0.2) is 19.9 Å². The van der Waals surface area contributed by atoms with Crippen molar-refractivity contribution in [3.8, 4) is 5.69 Å². The highest BCUT2D eigenvalue weighted by Gasteiger charge is 2.28. The summed E-state index contributed by atoms with van der Waals surface area (Å²) in [6.45, 7) is 0. The van der Waals surface area contributed by atoms with Crippen LogP contribution in [0.25, 0.3) is 5.69 Å². The summed E-state index contributed by atoms with van der Waals surface area (Å²) in [5.74, 6) is 0.789. The van der Waals surface area contributed by atoms with Crippen LogP contribution in [0.5, 0.6) is 0 Å². The van der Waals surface area contributed by atoms with Crippen LogP contribution in [-0.2, 0) is 33.5 Å². The highest BCUT2D eigenvalue weighted by atomic mass is 32.2. The Morgan fingerprint density at radius 1 is 1.11 bits per heavy atom. The van der Waals surface area contributed by atoms with Crippen molar-refractivity contribution in [1.82, 2.24) is 9.78 Å². The number of carbonyl (C=O) groups excluding carboxylic acids is 1. The van der Waals surface area contributed by atoms with E-state index in [1.54, 1.807) is 16.8 Å². The van der Waals surface area contributed by atoms with E-state index in [0.29, 0.717) is 35.9 Å². The standard InChI is InChI=1S/C20H18FN3O2S/c21-15-7-9-16(10-8-15)24-20(17-12-27(26)13-18(17)23-24)22-19(25)11-6-14-4-2-1-3-5-14/h1-5,7-10H,6,11-13H2,(H,22,25)/t27-/m1/s1. The highest BCUT2D eigenvalue weighted by molar-refractivity contribution is 7.83. The lowest BCUT2D eigenvalue weighted by molar-refractivity contribution is -0.116. The lowest BCUT2D eigenvalue weighted by atomic mass is 10.1. The van der Waals surface area contributed by atoms with Crippen LogP contribution in [0.2, 0.25) is 0 Å². The number of fused-ring (bicyclic) bond motifs is 1. The number of carbonyl (C=O) groups is 1. The van der Waals surface area contributed by atoms with Gasteiger partial charge in [-0.25, -0.2) is 9.07 Å². The molecule has 0 aliphatic carbocycles. The third-order valence-corrected chi connectivity index (χ3v) is 5.69. The normalized spacial score (nSPS) is 15.5. The Balaban J connectivity index is 1.58. The van der Waals surface area contributed by atoms with Crippen molar-refractivity contribution in [2.75, 3.05) is 5.32 Å². The molecule has 1 amide bonds. The third kappa shape index (κ3) is 3.83. The SMILES string of the molecule is O=C(CCc1ccccc1)Nc1c2c(nn1-c1ccc(F)cc1)C[S@](=O)C2. The molecular formula is C20H18FN3O2S. The van der Waals surface area contributed by atoms with Crippen molar-refractivity contribution in [3.05, 3.63) is 77.2 Å². The summed E-state index contributed by atoms with van der Waals surface area (Å²) in [4.78, 5) is 12.5. The number of anilines is 1. The number of hydrogen-bond acceptors (Lipinski definition) is 3. The maximum absolute atomic E-state index is 13.2. The number of aromatic nitrogens is 2. The second-order valence-corrected chi connectivity index (χ2v) is 7.88. The van der Waals surface area contributed by atoms with Gasteiger partial charge in [0, 0.05) is 22.8 Å². The molecule has 0 bridgehead atoms. The van der Waals surface area contributed by atoms with Gasteiger partial charge in [0.15, 0.2) is 0 Å². The van der Waals surface area contributed by atoms with E-state index in [9.17, 15) is 13.4 Å². The summed E-state index contributed by atoms with van der Waals surface area (Å²) in [6, 6.07) is 15.7. The Morgan fingerprint density at radius 3 is 2.59 bits per heavy atom. The highest BCUT2D eigenvalue weighted by Crippen LogP contribution is 2.31. The van der Waals surface area contributed by atoms with Gasteiger partial charge in [0.05, 0.1) is 22.9 Å². The predicted molar refractivity (Wildman–Crippen MR) is 102 cm³/mol. The lowest BCUT2D eigenvalue weighted by Gasteiger charge is -2.11. The van der Waals surface area contributed by atoms with Crippen LogP contribution in [0.4, 0.5) is 10.2 Å². The van der Waals surface area contributed by atoms with Crippen molar-refractivity contribution < 1.29 is 13.4 Å². The fourth-order valence-corrected chi connectivity index (χ4v) is 4.39. The minimum atomic E-state index is -1.00. The molecule has 2 heterocycles. The molecule has 0 unspecified atom stereocenters. The van der Waals surface area contributed by atoms with E-state index in [-0.39, 0.29) is 11.7 Å². The molecule has 27 heavy (non-hydrogen) atoms. The Kier molecular flexibility index (Phi) is 4.85. The molecule has 0 radical (unpaired) electrons. The monoisotopic (exact) mass is 383 g/mol. The molecule has 5 nitrogen and oxygen atoms in total. The van der Waals surface area contributed by atoms with Crippen LogP contribution >= 0.6 is 0 Å². The number of nitrogens with one attached hydrogen (secondary N) is 1. The van der Waals surface area contributed by atoms with E-state index in [2.05, 4.69) is 10.4 Å². The molecule has 7 heteroatoms. The average Bonchev–Trinajstić information content (AvgIpc) is 3.19. The minimum Gasteiger partial charge on any atom is -0.310 e. The predicted octanol–water partition coefficient (Wildman–Crippen LogP) is 3.35. The summed E-state index contributed by atoms with van der Waals surface area (Å²) in [5.41, 5.74) is 3.25. The Labute approximate surface area is 158 Å². The molecule has 4 rings (SSSR count). The van der Waals surface area contributed by atoms with Gasteiger partial charge in [0.1, 0.15) is 11.6 Å². The molecule has 1 aliphatic rings. The number of aryl methyl sites for hydroxylation is 1. The zero-order valence-electron chi connectivity index (χ0n) is 14.5. The smallest absolute Gasteiger partial charge is 0.225 e. The first-order valence-corrected chi connectivity index (χ1v) is 10.1. The summed E-state index contributed by atoms with van der Waals surface area (Å²) in [6.07, 6.45) is 0.960. The molecule has 1 N–H and O–H groups in total. The third-order valence-electron chi connectivity index (χ3n) is 4.48. The molecule has 0 spiro atoms. The summed E-state index contributed by atoms with van der Waals surface area (Å²) >= 11 is 0. The van der Waals surface area contributed by atoms with Crippen LogP contribution in [0.3, 0.4) is 0 Å². The first kappa shape index (κ1) is 17.6. The van der Waals surface area contributed by atoms with Crippen LogP contribution in [0.1, 0.15) is 23.2 Å². The fraction of sp³-hybridized carbons (Fsp3) is 0.200. The van der Waals surface area contributed by atoms with Crippen LogP contribution < -0.4 is 5.32 Å². The molecule has 0 fully saturated rings. The fourth-order valence-electron chi connectivity index (χ4n) is 3.12. The van der Waals surface area contributed by atoms with Crippen LogP contribution in [0, 0.1) is 5.82 Å². The first-order valence-electron chi connectivity index (χ1n) is 8.65. The number of benzene rings is 2. The molecule has 1 aliphatic heterocycles. The molecule has 1 aromatic heterocycles. The van der Waals surface area contributed by atoms with E-state index in [0.717, 1.165) is 16.8 Å². The van der Waals surface area contributed by atoms with Gasteiger partial charge >= 0.3 is 0 Å². The second kappa shape index (κ2) is 7.44. The number of halogens is 1. The molecule has 2 aromatic carbocycles. The van der Waals surface area contributed by atoms with Crippen molar-refractivity contribution in [3.63, 3.8) is 0 Å². The van der Waals surface area contributed by atoms with E-state index in [4.69, 9.17) is 0 Å². The van der Waals surface area contributed by atoms with Crippen molar-refractivity contribution >= 4 is 22.5 Å². The van der Waals surface area contributed by atoms with E-state index in [1.165, 1.54) is 12.1 Å². The zero-order valence-corrected chi connectivity index (χ0v) is 15.3. The number of rotatable bonds is 5. The molecule has 1 atom stereocenters. The maximum atomic E-state index is 13.2. The van der Waals surface area contributed by atoms with Gasteiger partial charge in [-0.2, -0.15) is 5.10 Å². The molecule has 138 valence electrons. The van der Waals surface area contributed by atoms with E-state index >= 15 is 0 Å². The van der Waals surface area contributed by atoms with Crippen molar-refractivity contribution in [2.45, 2.75) is 24.3 Å². The summed E-state index contributed by atoms with van der Waals surface area (Å²) in [7, 11) is -1.00. The number of nitrogens with zero attached hydrogens (tertiary/aromatic N) is 2. The Hall–Kier alpha value is -2.80. The van der Waals surface area contributed by atoms with Crippen molar-refractivity contribution in [2.24, 2.45) is 0 Å². The Bertz CT molecular complexity index is 1000. The number of hydrogen-bond donors (Lipinski definition) is 1. The minimum absolute atomic E-state index is 0.136.